The molecule has 5 nitrogen and oxygen atoms in total. The molecule has 0 fully saturated rings. The van der Waals surface area contributed by atoms with Crippen LogP contribution in [0, 0.1) is 0 Å². The number of nitrogens with zero attached hydrogens (tertiary/aromatic N) is 1. The molecule has 6 heteroatoms. The predicted molar refractivity (Wildman–Crippen MR) is 123 cm³/mol. The standard InChI is InChI=1S/C12H15BrO2.C11H25NO2/c1-12(2,3)15-11(14)10-6-4-9(8-13)5-7-10;1-10(2,3)13-9(12(7)8)14-11(4,5)6/h4-7H,8H2,1-3H3;9H,1-8H3. The number of benzene rings is 1. The Morgan fingerprint density at radius 1 is 0.862 bits per heavy atom. The number of hydrogen-bond acceptors (Lipinski definition) is 5. The van der Waals surface area contributed by atoms with E-state index in [1.54, 1.807) is 12.1 Å². The Hall–Kier alpha value is -0.950. The van der Waals surface area contributed by atoms with Gasteiger partial charge in [-0.1, -0.05) is 28.1 Å². The molecule has 0 saturated carbocycles. The van der Waals surface area contributed by atoms with Gasteiger partial charge < -0.3 is 14.2 Å². The monoisotopic (exact) mass is 473 g/mol. The number of alkyl halides is 1. The molecule has 0 unspecified atom stereocenters. The van der Waals surface area contributed by atoms with Crippen molar-refractivity contribution in [1.29, 1.82) is 0 Å². The molecule has 1 aromatic carbocycles. The SMILES string of the molecule is CC(C)(C)OC(=O)c1ccc(CBr)cc1.CN(C)C(OC(C)(C)C)OC(C)(C)C. The first-order valence-corrected chi connectivity index (χ1v) is 11.0. The summed E-state index contributed by atoms with van der Waals surface area (Å²) in [5.74, 6) is -0.274. The lowest BCUT2D eigenvalue weighted by atomic mass is 10.1. The van der Waals surface area contributed by atoms with Gasteiger partial charge in [0, 0.05) is 5.33 Å². The minimum absolute atomic E-state index is 0.194. The fourth-order valence-electron chi connectivity index (χ4n) is 1.91. The molecule has 0 N–H and O–H groups in total. The molecule has 0 radical (unpaired) electrons. The fraction of sp³-hybridized carbons (Fsp3) is 0.696. The highest BCUT2D eigenvalue weighted by molar-refractivity contribution is 9.08. The van der Waals surface area contributed by atoms with E-state index in [-0.39, 0.29) is 23.6 Å². The van der Waals surface area contributed by atoms with Gasteiger partial charge in [-0.05, 0) is 94.1 Å². The summed E-state index contributed by atoms with van der Waals surface area (Å²) in [6, 6.07) is 7.39. The molecule has 0 heterocycles. The zero-order valence-electron chi connectivity index (χ0n) is 20.1. The van der Waals surface area contributed by atoms with Gasteiger partial charge in [0.05, 0.1) is 16.8 Å². The third kappa shape index (κ3) is 14.6. The molecule has 1 rings (SSSR count). The molecule has 0 saturated heterocycles. The van der Waals surface area contributed by atoms with Gasteiger partial charge in [-0.3, -0.25) is 4.90 Å². The van der Waals surface area contributed by atoms with Crippen molar-refractivity contribution in [3.05, 3.63) is 35.4 Å². The molecule has 0 atom stereocenters. The Bertz CT molecular complexity index is 592. The Labute approximate surface area is 186 Å². The molecule has 0 bridgehead atoms. The van der Waals surface area contributed by atoms with Crippen LogP contribution >= 0.6 is 15.9 Å². The molecule has 0 aromatic heterocycles. The van der Waals surface area contributed by atoms with Gasteiger partial charge in [0.2, 0.25) is 6.41 Å². The summed E-state index contributed by atoms with van der Waals surface area (Å²) in [6.07, 6.45) is -0.296. The molecule has 168 valence electrons. The van der Waals surface area contributed by atoms with Crippen molar-refractivity contribution in [3.8, 4) is 0 Å². The van der Waals surface area contributed by atoms with Crippen LogP contribution < -0.4 is 0 Å². The molecule has 1 aromatic rings. The van der Waals surface area contributed by atoms with Crippen molar-refractivity contribution >= 4 is 21.9 Å². The molecule has 0 aliphatic heterocycles. The zero-order valence-corrected chi connectivity index (χ0v) is 21.6. The van der Waals surface area contributed by atoms with E-state index in [1.165, 1.54) is 0 Å². The summed E-state index contributed by atoms with van der Waals surface area (Å²) < 4.78 is 16.8. The van der Waals surface area contributed by atoms with E-state index in [1.807, 2.05) is 93.4 Å². The van der Waals surface area contributed by atoms with E-state index >= 15 is 0 Å². The number of hydrogen-bond donors (Lipinski definition) is 0. The lowest BCUT2D eigenvalue weighted by molar-refractivity contribution is -0.285. The van der Waals surface area contributed by atoms with Crippen LogP contribution in [0.3, 0.4) is 0 Å². The Morgan fingerprint density at radius 3 is 1.55 bits per heavy atom. The highest BCUT2D eigenvalue weighted by atomic mass is 79.9. The molecule has 0 aliphatic rings. The van der Waals surface area contributed by atoms with Crippen molar-refractivity contribution in [1.82, 2.24) is 4.90 Å². The maximum atomic E-state index is 11.6. The van der Waals surface area contributed by atoms with Crippen molar-refractivity contribution in [2.75, 3.05) is 14.1 Å². The van der Waals surface area contributed by atoms with Crippen LogP contribution in [0.2, 0.25) is 0 Å². The average molecular weight is 474 g/mol. The Morgan fingerprint density at radius 2 is 1.28 bits per heavy atom. The van der Waals surface area contributed by atoms with E-state index in [2.05, 4.69) is 15.9 Å². The largest absolute Gasteiger partial charge is 0.456 e. The van der Waals surface area contributed by atoms with Crippen molar-refractivity contribution < 1.29 is 19.0 Å². The normalized spacial score (nSPS) is 12.6. The second-order valence-corrected chi connectivity index (χ2v) is 10.6. The van der Waals surface area contributed by atoms with E-state index in [4.69, 9.17) is 14.2 Å². The molecular formula is C23H40BrNO4. The van der Waals surface area contributed by atoms with Gasteiger partial charge in [-0.25, -0.2) is 4.79 Å². The summed E-state index contributed by atoms with van der Waals surface area (Å²) in [5.41, 5.74) is 0.905. The van der Waals surface area contributed by atoms with Gasteiger partial charge in [0.1, 0.15) is 5.60 Å². The molecule has 0 spiro atoms. The number of halogens is 1. The van der Waals surface area contributed by atoms with Crippen molar-refractivity contribution in [2.24, 2.45) is 0 Å². The second kappa shape index (κ2) is 11.4. The molecular weight excluding hydrogens is 434 g/mol. The number of rotatable bonds is 5. The third-order valence-electron chi connectivity index (χ3n) is 3.07. The summed E-state index contributed by atoms with van der Waals surface area (Å²) in [6.45, 7) is 17.7. The third-order valence-corrected chi connectivity index (χ3v) is 3.72. The first-order valence-electron chi connectivity index (χ1n) is 9.84. The Kier molecular flexibility index (Phi) is 11.1. The van der Waals surface area contributed by atoms with Crippen LogP contribution in [-0.4, -0.2) is 48.2 Å². The highest BCUT2D eigenvalue weighted by Gasteiger charge is 2.25. The minimum atomic E-state index is -0.439. The van der Waals surface area contributed by atoms with E-state index in [9.17, 15) is 4.79 Å². The molecule has 0 amide bonds. The van der Waals surface area contributed by atoms with Crippen LogP contribution in [0.5, 0.6) is 0 Å². The topological polar surface area (TPSA) is 48.0 Å². The summed E-state index contributed by atoms with van der Waals surface area (Å²) in [7, 11) is 3.89. The van der Waals surface area contributed by atoms with Crippen molar-refractivity contribution in [3.63, 3.8) is 0 Å². The number of ether oxygens (including phenoxy) is 3. The van der Waals surface area contributed by atoms with Crippen LogP contribution in [-0.2, 0) is 19.5 Å². The molecule has 29 heavy (non-hydrogen) atoms. The summed E-state index contributed by atoms with van der Waals surface area (Å²) in [5, 5.41) is 0.793. The number of carbonyl (C=O) groups is 1. The zero-order chi connectivity index (χ0) is 23.0. The predicted octanol–water partition coefficient (Wildman–Crippen LogP) is 6.00. The average Bonchev–Trinajstić information content (AvgIpc) is 2.50. The van der Waals surface area contributed by atoms with Gasteiger partial charge in [-0.2, -0.15) is 0 Å². The number of carbonyl (C=O) groups excluding carboxylic acids is 1. The van der Waals surface area contributed by atoms with Gasteiger partial charge >= 0.3 is 5.97 Å². The van der Waals surface area contributed by atoms with Crippen LogP contribution in [0.4, 0.5) is 0 Å². The quantitative estimate of drug-likeness (QED) is 0.298. The van der Waals surface area contributed by atoms with Gasteiger partial charge in [0.15, 0.2) is 0 Å². The first kappa shape index (κ1) is 28.1. The van der Waals surface area contributed by atoms with E-state index in [0.29, 0.717) is 5.56 Å². The number of esters is 1. The maximum absolute atomic E-state index is 11.6. The Balaban J connectivity index is 0.000000543. The van der Waals surface area contributed by atoms with Crippen LogP contribution in [0.15, 0.2) is 24.3 Å². The maximum Gasteiger partial charge on any atom is 0.338 e. The lowest BCUT2D eigenvalue weighted by Crippen LogP contribution is -2.43. The van der Waals surface area contributed by atoms with Gasteiger partial charge in [0.25, 0.3) is 0 Å². The smallest absolute Gasteiger partial charge is 0.338 e. The summed E-state index contributed by atoms with van der Waals surface area (Å²) >= 11 is 3.35. The van der Waals surface area contributed by atoms with Gasteiger partial charge in [-0.15, -0.1) is 0 Å². The van der Waals surface area contributed by atoms with E-state index in [0.717, 1.165) is 10.9 Å². The minimum Gasteiger partial charge on any atom is -0.456 e. The van der Waals surface area contributed by atoms with Crippen LogP contribution in [0.1, 0.15) is 78.2 Å². The van der Waals surface area contributed by atoms with Crippen molar-refractivity contribution in [2.45, 2.75) is 90.9 Å². The van der Waals surface area contributed by atoms with Crippen LogP contribution in [0.25, 0.3) is 0 Å². The fourth-order valence-corrected chi connectivity index (χ4v) is 2.28. The lowest BCUT2D eigenvalue weighted by Gasteiger charge is -2.35. The van der Waals surface area contributed by atoms with E-state index < -0.39 is 5.60 Å². The molecule has 0 aliphatic carbocycles. The second-order valence-electron chi connectivity index (χ2n) is 10.1. The first-order chi connectivity index (χ1) is 12.9. The summed E-state index contributed by atoms with van der Waals surface area (Å²) in [4.78, 5) is 13.6. The highest BCUT2D eigenvalue weighted by Crippen LogP contribution is 2.18.